The number of hydrogen-bond acceptors (Lipinski definition) is 4. The van der Waals surface area contributed by atoms with Crippen LogP contribution < -0.4 is 10.1 Å². The van der Waals surface area contributed by atoms with Gasteiger partial charge >= 0.3 is 0 Å². The summed E-state index contributed by atoms with van der Waals surface area (Å²) in [5.74, 6) is 0.654. The zero-order valence-electron chi connectivity index (χ0n) is 16.1. The molecule has 2 heterocycles. The van der Waals surface area contributed by atoms with Crippen molar-refractivity contribution in [3.8, 4) is 5.75 Å². The molecule has 2 aromatic carbocycles. The molecule has 1 fully saturated rings. The average Bonchev–Trinajstić information content (AvgIpc) is 3.16. The van der Waals surface area contributed by atoms with E-state index in [0.717, 1.165) is 55.1 Å². The monoisotopic (exact) mass is 413 g/mol. The first-order valence-corrected chi connectivity index (χ1v) is 10.1. The van der Waals surface area contributed by atoms with Crippen molar-refractivity contribution < 1.29 is 14.3 Å². The first-order valence-electron chi connectivity index (χ1n) is 9.76. The van der Waals surface area contributed by atoms with Crippen molar-refractivity contribution in [2.24, 2.45) is 0 Å². The van der Waals surface area contributed by atoms with E-state index in [-0.39, 0.29) is 5.91 Å². The van der Waals surface area contributed by atoms with Crippen molar-refractivity contribution >= 4 is 28.4 Å². The van der Waals surface area contributed by atoms with Crippen molar-refractivity contribution in [3.05, 3.63) is 64.8 Å². The van der Waals surface area contributed by atoms with Crippen molar-refractivity contribution in [3.63, 3.8) is 0 Å². The van der Waals surface area contributed by atoms with E-state index in [9.17, 15) is 4.79 Å². The molecule has 0 atom stereocenters. The molecular weight excluding hydrogens is 390 g/mol. The van der Waals surface area contributed by atoms with Crippen LogP contribution in [0.2, 0.25) is 5.02 Å². The lowest BCUT2D eigenvalue weighted by atomic mass is 10.2. The normalized spacial score (nSPS) is 14.8. The number of H-pyrrole nitrogens is 1. The second-order valence-corrected chi connectivity index (χ2v) is 7.48. The number of ether oxygens (including phenoxy) is 2. The lowest BCUT2D eigenvalue weighted by Crippen LogP contribution is -2.38. The highest BCUT2D eigenvalue weighted by Crippen LogP contribution is 2.20. The van der Waals surface area contributed by atoms with Crippen LogP contribution in [-0.2, 0) is 11.3 Å². The first kappa shape index (κ1) is 19.8. The molecule has 0 aliphatic carbocycles. The summed E-state index contributed by atoms with van der Waals surface area (Å²) < 4.78 is 11.2. The molecule has 1 saturated heterocycles. The van der Waals surface area contributed by atoms with Gasteiger partial charge in [0, 0.05) is 42.1 Å². The number of nitrogens with zero attached hydrogens (tertiary/aromatic N) is 1. The third kappa shape index (κ3) is 5.29. The number of morpholine rings is 1. The Morgan fingerprint density at radius 2 is 2.03 bits per heavy atom. The van der Waals surface area contributed by atoms with Gasteiger partial charge in [0.1, 0.15) is 18.1 Å². The Kier molecular flexibility index (Phi) is 6.34. The molecule has 0 bridgehead atoms. The van der Waals surface area contributed by atoms with Crippen LogP contribution in [0.15, 0.2) is 48.5 Å². The predicted molar refractivity (Wildman–Crippen MR) is 114 cm³/mol. The molecule has 0 unspecified atom stereocenters. The lowest BCUT2D eigenvalue weighted by molar-refractivity contribution is 0.0322. The molecule has 1 aliphatic rings. The van der Waals surface area contributed by atoms with E-state index in [2.05, 4.69) is 15.2 Å². The fourth-order valence-electron chi connectivity index (χ4n) is 3.37. The molecule has 29 heavy (non-hydrogen) atoms. The first-order chi connectivity index (χ1) is 14.2. The standard InChI is InChI=1S/C22H24ClN3O3/c23-18-4-5-20-17(13-18)14-21(25-20)22(27)24-15-16-2-1-3-19(12-16)29-11-8-26-6-9-28-10-7-26/h1-5,12-14,25H,6-11,15H2,(H,24,27). The molecule has 1 amide bonds. The maximum atomic E-state index is 12.5. The van der Waals surface area contributed by atoms with E-state index in [0.29, 0.717) is 23.9 Å². The zero-order valence-corrected chi connectivity index (χ0v) is 16.9. The highest BCUT2D eigenvalue weighted by molar-refractivity contribution is 6.31. The van der Waals surface area contributed by atoms with Crippen LogP contribution in [0.5, 0.6) is 5.75 Å². The van der Waals surface area contributed by atoms with E-state index >= 15 is 0 Å². The Balaban J connectivity index is 1.29. The Bertz CT molecular complexity index is 982. The number of nitrogens with one attached hydrogen (secondary N) is 2. The van der Waals surface area contributed by atoms with E-state index in [1.165, 1.54) is 0 Å². The molecule has 152 valence electrons. The molecule has 1 aromatic heterocycles. The topological polar surface area (TPSA) is 66.6 Å². The average molecular weight is 414 g/mol. The number of amides is 1. The van der Waals surface area contributed by atoms with Gasteiger partial charge in [-0.05, 0) is 42.0 Å². The summed E-state index contributed by atoms with van der Waals surface area (Å²) in [5.41, 5.74) is 2.39. The van der Waals surface area contributed by atoms with Crippen molar-refractivity contribution in [2.45, 2.75) is 6.54 Å². The second kappa shape index (κ2) is 9.31. The molecule has 7 heteroatoms. The van der Waals surface area contributed by atoms with Crippen LogP contribution >= 0.6 is 11.6 Å². The highest BCUT2D eigenvalue weighted by atomic mass is 35.5. The van der Waals surface area contributed by atoms with E-state index in [4.69, 9.17) is 21.1 Å². The summed E-state index contributed by atoms with van der Waals surface area (Å²) in [4.78, 5) is 17.9. The predicted octanol–water partition coefficient (Wildman–Crippen LogP) is 3.46. The Morgan fingerprint density at radius 3 is 2.90 bits per heavy atom. The number of halogens is 1. The number of aromatic nitrogens is 1. The summed E-state index contributed by atoms with van der Waals surface area (Å²) in [6, 6.07) is 15.1. The summed E-state index contributed by atoms with van der Waals surface area (Å²) in [6.45, 7) is 5.43. The smallest absolute Gasteiger partial charge is 0.267 e. The fraction of sp³-hybridized carbons (Fsp3) is 0.318. The Hall–Kier alpha value is -2.54. The van der Waals surface area contributed by atoms with Gasteiger partial charge in [-0.2, -0.15) is 0 Å². The minimum Gasteiger partial charge on any atom is -0.492 e. The van der Waals surface area contributed by atoms with Gasteiger partial charge in [-0.15, -0.1) is 0 Å². The van der Waals surface area contributed by atoms with Gasteiger partial charge in [-0.25, -0.2) is 0 Å². The summed E-state index contributed by atoms with van der Waals surface area (Å²) in [7, 11) is 0. The minimum atomic E-state index is -0.157. The molecule has 6 nitrogen and oxygen atoms in total. The van der Waals surface area contributed by atoms with Gasteiger partial charge in [-0.1, -0.05) is 23.7 Å². The summed E-state index contributed by atoms with van der Waals surface area (Å²) in [5, 5.41) is 4.51. The van der Waals surface area contributed by atoms with Gasteiger partial charge in [0.2, 0.25) is 0 Å². The third-order valence-corrected chi connectivity index (χ3v) is 5.19. The molecule has 0 spiro atoms. The number of carbonyl (C=O) groups is 1. The van der Waals surface area contributed by atoms with Crippen molar-refractivity contribution in [1.82, 2.24) is 15.2 Å². The van der Waals surface area contributed by atoms with Gasteiger partial charge < -0.3 is 19.8 Å². The molecular formula is C22H24ClN3O3. The number of benzene rings is 2. The SMILES string of the molecule is O=C(NCc1cccc(OCCN2CCOCC2)c1)c1cc2cc(Cl)ccc2[nH]1. The molecule has 3 aromatic rings. The maximum Gasteiger partial charge on any atom is 0.267 e. The molecule has 0 radical (unpaired) electrons. The summed E-state index contributed by atoms with van der Waals surface area (Å²) >= 11 is 6.01. The van der Waals surface area contributed by atoms with Gasteiger partial charge in [-0.3, -0.25) is 9.69 Å². The van der Waals surface area contributed by atoms with Crippen LogP contribution in [-0.4, -0.2) is 55.2 Å². The highest BCUT2D eigenvalue weighted by Gasteiger charge is 2.11. The van der Waals surface area contributed by atoms with Gasteiger partial charge in [0.15, 0.2) is 0 Å². The largest absolute Gasteiger partial charge is 0.492 e. The quantitative estimate of drug-likeness (QED) is 0.622. The Morgan fingerprint density at radius 1 is 1.17 bits per heavy atom. The van der Waals surface area contributed by atoms with E-state index in [1.807, 2.05) is 42.5 Å². The maximum absolute atomic E-state index is 12.5. The Labute approximate surface area is 174 Å². The van der Waals surface area contributed by atoms with Crippen LogP contribution in [0, 0.1) is 0 Å². The number of carbonyl (C=O) groups excluding carboxylic acids is 1. The number of hydrogen-bond donors (Lipinski definition) is 2. The fourth-order valence-corrected chi connectivity index (χ4v) is 3.55. The van der Waals surface area contributed by atoms with Crippen LogP contribution in [0.25, 0.3) is 10.9 Å². The molecule has 1 aliphatic heterocycles. The van der Waals surface area contributed by atoms with Gasteiger partial charge in [0.05, 0.1) is 13.2 Å². The van der Waals surface area contributed by atoms with E-state index < -0.39 is 0 Å². The zero-order chi connectivity index (χ0) is 20.1. The lowest BCUT2D eigenvalue weighted by Gasteiger charge is -2.26. The second-order valence-electron chi connectivity index (χ2n) is 7.05. The third-order valence-electron chi connectivity index (χ3n) is 4.96. The van der Waals surface area contributed by atoms with Crippen LogP contribution in [0.1, 0.15) is 16.1 Å². The van der Waals surface area contributed by atoms with E-state index in [1.54, 1.807) is 6.07 Å². The van der Waals surface area contributed by atoms with Crippen LogP contribution in [0.3, 0.4) is 0 Å². The van der Waals surface area contributed by atoms with Gasteiger partial charge in [0.25, 0.3) is 5.91 Å². The molecule has 4 rings (SSSR count). The minimum absolute atomic E-state index is 0.157. The number of aromatic amines is 1. The number of fused-ring (bicyclic) bond motifs is 1. The van der Waals surface area contributed by atoms with Crippen molar-refractivity contribution in [1.29, 1.82) is 0 Å². The van der Waals surface area contributed by atoms with Crippen LogP contribution in [0.4, 0.5) is 0 Å². The molecule has 2 N–H and O–H groups in total. The molecule has 0 saturated carbocycles. The number of rotatable bonds is 7. The van der Waals surface area contributed by atoms with Crippen molar-refractivity contribution in [2.75, 3.05) is 39.5 Å². The summed E-state index contributed by atoms with van der Waals surface area (Å²) in [6.07, 6.45) is 0.